The van der Waals surface area contributed by atoms with E-state index in [0.29, 0.717) is 11.4 Å². The van der Waals surface area contributed by atoms with Gasteiger partial charge in [-0.05, 0) is 80.9 Å². The predicted molar refractivity (Wildman–Crippen MR) is 228 cm³/mol. The van der Waals surface area contributed by atoms with Gasteiger partial charge in [-0.2, -0.15) is 0 Å². The van der Waals surface area contributed by atoms with Crippen LogP contribution in [-0.2, 0) is 5.41 Å². The van der Waals surface area contributed by atoms with Crippen molar-refractivity contribution in [3.63, 3.8) is 0 Å². The molecule has 0 saturated carbocycles. The normalized spacial score (nSPS) is 13.2. The molecule has 10 aromatic rings. The van der Waals surface area contributed by atoms with Crippen molar-refractivity contribution >= 4 is 22.1 Å². The monoisotopic (exact) mass is 728 g/mol. The standard InChI is InChI=1S/C53H32N2O2/c1-2-13-35(14-3-1)52-54-49(51-50(55-52)41-18-5-9-22-46(41)57-51)38-16-12-15-36(31-38)33-25-27-34(28-26-33)37-29-30-40-39-17-4-6-19-42(39)53(45(40)32-37)43-20-7-10-23-47(43)56-48-24-11-8-21-44(48)53/h1-32H. The van der Waals surface area contributed by atoms with Gasteiger partial charge in [0.2, 0.25) is 0 Å². The average Bonchev–Trinajstić information content (AvgIpc) is 3.80. The minimum atomic E-state index is -0.500. The highest BCUT2D eigenvalue weighted by Gasteiger charge is 2.51. The highest BCUT2D eigenvalue weighted by atomic mass is 16.5. The molecule has 1 aliphatic carbocycles. The van der Waals surface area contributed by atoms with E-state index in [-0.39, 0.29) is 0 Å². The molecule has 57 heavy (non-hydrogen) atoms. The van der Waals surface area contributed by atoms with Gasteiger partial charge in [-0.15, -0.1) is 0 Å². The van der Waals surface area contributed by atoms with Crippen molar-refractivity contribution in [2.45, 2.75) is 5.41 Å². The van der Waals surface area contributed by atoms with Crippen LogP contribution in [0.1, 0.15) is 22.3 Å². The molecule has 4 heteroatoms. The molecule has 0 bridgehead atoms. The first-order valence-corrected chi connectivity index (χ1v) is 19.3. The zero-order valence-corrected chi connectivity index (χ0v) is 30.7. The van der Waals surface area contributed by atoms with Crippen LogP contribution in [0.3, 0.4) is 0 Å². The Morgan fingerprint density at radius 2 is 0.965 bits per heavy atom. The maximum atomic E-state index is 6.55. The number of furan rings is 1. The molecule has 1 aliphatic heterocycles. The van der Waals surface area contributed by atoms with Crippen molar-refractivity contribution in [3.05, 3.63) is 216 Å². The molecule has 0 saturated heterocycles. The lowest BCUT2D eigenvalue weighted by Gasteiger charge is -2.39. The van der Waals surface area contributed by atoms with Crippen molar-refractivity contribution in [3.8, 4) is 67.5 Å². The summed E-state index contributed by atoms with van der Waals surface area (Å²) in [6.45, 7) is 0. The van der Waals surface area contributed by atoms with Gasteiger partial charge in [-0.25, -0.2) is 9.97 Å². The van der Waals surface area contributed by atoms with Crippen LogP contribution in [0.15, 0.2) is 199 Å². The summed E-state index contributed by atoms with van der Waals surface area (Å²) in [6.07, 6.45) is 0. The van der Waals surface area contributed by atoms with Crippen LogP contribution in [0.2, 0.25) is 0 Å². The van der Waals surface area contributed by atoms with E-state index in [0.717, 1.165) is 61.5 Å². The third-order valence-corrected chi connectivity index (χ3v) is 11.8. The van der Waals surface area contributed by atoms with E-state index in [1.165, 1.54) is 38.9 Å². The third-order valence-electron chi connectivity index (χ3n) is 11.8. The number of ether oxygens (including phenoxy) is 1. The molecule has 266 valence electrons. The smallest absolute Gasteiger partial charge is 0.180 e. The number of benzene rings is 8. The summed E-state index contributed by atoms with van der Waals surface area (Å²) in [5, 5.41) is 0.978. The van der Waals surface area contributed by atoms with Crippen LogP contribution in [0.4, 0.5) is 0 Å². The van der Waals surface area contributed by atoms with Crippen molar-refractivity contribution in [2.24, 2.45) is 0 Å². The quantitative estimate of drug-likeness (QED) is 0.181. The van der Waals surface area contributed by atoms with Gasteiger partial charge >= 0.3 is 0 Å². The first-order valence-electron chi connectivity index (χ1n) is 19.3. The van der Waals surface area contributed by atoms with E-state index in [1.54, 1.807) is 0 Å². The van der Waals surface area contributed by atoms with Gasteiger partial charge in [0.25, 0.3) is 0 Å². The average molecular weight is 729 g/mol. The maximum absolute atomic E-state index is 6.55. The molecule has 0 atom stereocenters. The molecule has 4 nitrogen and oxygen atoms in total. The number of fused-ring (bicyclic) bond motifs is 12. The summed E-state index contributed by atoms with van der Waals surface area (Å²) >= 11 is 0. The first kappa shape index (κ1) is 31.8. The fourth-order valence-electron chi connectivity index (χ4n) is 9.24. The van der Waals surface area contributed by atoms with E-state index < -0.39 is 5.41 Å². The van der Waals surface area contributed by atoms with E-state index in [4.69, 9.17) is 19.1 Å². The Hall–Kier alpha value is -7.56. The van der Waals surface area contributed by atoms with Gasteiger partial charge < -0.3 is 9.15 Å². The summed E-state index contributed by atoms with van der Waals surface area (Å²) in [5.41, 5.74) is 16.5. The third kappa shape index (κ3) is 4.68. The zero-order chi connectivity index (χ0) is 37.5. The molecule has 0 radical (unpaired) electrons. The topological polar surface area (TPSA) is 48.2 Å². The Bertz CT molecular complexity index is 3170. The van der Waals surface area contributed by atoms with E-state index >= 15 is 0 Å². The Morgan fingerprint density at radius 3 is 1.74 bits per heavy atom. The predicted octanol–water partition coefficient (Wildman–Crippen LogP) is 13.5. The summed E-state index contributed by atoms with van der Waals surface area (Å²) in [6, 6.07) is 68.5. The molecule has 2 aromatic heterocycles. The molecule has 2 aliphatic rings. The van der Waals surface area contributed by atoms with Gasteiger partial charge in [0.1, 0.15) is 28.3 Å². The minimum Gasteiger partial charge on any atom is -0.457 e. The van der Waals surface area contributed by atoms with E-state index in [9.17, 15) is 0 Å². The molecule has 0 N–H and O–H groups in total. The Morgan fingerprint density at radius 1 is 0.386 bits per heavy atom. The van der Waals surface area contributed by atoms with Crippen LogP contribution in [0.25, 0.3) is 78.1 Å². The van der Waals surface area contributed by atoms with Crippen LogP contribution in [0.5, 0.6) is 11.5 Å². The van der Waals surface area contributed by atoms with Crippen molar-refractivity contribution < 1.29 is 9.15 Å². The zero-order valence-electron chi connectivity index (χ0n) is 30.7. The number of para-hydroxylation sites is 3. The molecule has 12 rings (SSSR count). The molecule has 0 amide bonds. The van der Waals surface area contributed by atoms with Crippen molar-refractivity contribution in [1.82, 2.24) is 9.97 Å². The van der Waals surface area contributed by atoms with Crippen LogP contribution in [0, 0.1) is 0 Å². The Balaban J connectivity index is 0.962. The van der Waals surface area contributed by atoms with Gasteiger partial charge in [-0.3, -0.25) is 0 Å². The van der Waals surface area contributed by atoms with Crippen molar-refractivity contribution in [1.29, 1.82) is 0 Å². The summed E-state index contributed by atoms with van der Waals surface area (Å²) < 4.78 is 13.0. The molecular formula is C53H32N2O2. The van der Waals surface area contributed by atoms with E-state index in [1.807, 2.05) is 48.5 Å². The molecule has 1 spiro atoms. The molecule has 3 heterocycles. The fraction of sp³-hybridized carbons (Fsp3) is 0.0189. The van der Waals surface area contributed by atoms with Crippen LogP contribution < -0.4 is 4.74 Å². The molecular weight excluding hydrogens is 697 g/mol. The summed E-state index contributed by atoms with van der Waals surface area (Å²) in [7, 11) is 0. The molecule has 0 fully saturated rings. The highest BCUT2D eigenvalue weighted by molar-refractivity contribution is 6.07. The second kappa shape index (κ2) is 12.2. The second-order valence-electron chi connectivity index (χ2n) is 14.8. The van der Waals surface area contributed by atoms with Gasteiger partial charge in [0.15, 0.2) is 11.4 Å². The first-order chi connectivity index (χ1) is 28.2. The highest BCUT2D eigenvalue weighted by Crippen LogP contribution is 2.62. The maximum Gasteiger partial charge on any atom is 0.180 e. The Labute approximate surface area is 329 Å². The number of aromatic nitrogens is 2. The van der Waals surface area contributed by atoms with Gasteiger partial charge in [0, 0.05) is 27.6 Å². The van der Waals surface area contributed by atoms with E-state index in [2.05, 4.69) is 146 Å². The number of nitrogens with zero attached hydrogens (tertiary/aromatic N) is 2. The summed E-state index contributed by atoms with van der Waals surface area (Å²) in [5.74, 6) is 2.47. The van der Waals surface area contributed by atoms with Crippen LogP contribution >= 0.6 is 0 Å². The second-order valence-corrected chi connectivity index (χ2v) is 14.8. The minimum absolute atomic E-state index is 0.500. The van der Waals surface area contributed by atoms with Gasteiger partial charge in [-0.1, -0.05) is 158 Å². The number of hydrogen-bond donors (Lipinski definition) is 0. The number of hydrogen-bond acceptors (Lipinski definition) is 4. The Kier molecular flexibility index (Phi) is 6.81. The fourth-order valence-corrected chi connectivity index (χ4v) is 9.24. The lowest BCUT2D eigenvalue weighted by molar-refractivity contribution is 0.436. The largest absolute Gasteiger partial charge is 0.457 e. The van der Waals surface area contributed by atoms with Crippen molar-refractivity contribution in [2.75, 3.05) is 0 Å². The lowest BCUT2D eigenvalue weighted by Crippen LogP contribution is -2.32. The molecule has 0 unspecified atom stereocenters. The van der Waals surface area contributed by atoms with Gasteiger partial charge in [0.05, 0.1) is 5.41 Å². The summed E-state index contributed by atoms with van der Waals surface area (Å²) in [4.78, 5) is 10.1. The SMILES string of the molecule is c1ccc(-c2nc(-c3cccc(-c4ccc(-c5ccc6c(c5)C5(c7ccccc7Oc7ccccc75)c5ccccc5-6)cc4)c3)c3oc4ccccc4c3n2)cc1. The lowest BCUT2D eigenvalue weighted by atomic mass is 9.66. The molecule has 8 aromatic carbocycles. The number of rotatable bonds is 4. The van der Waals surface area contributed by atoms with Crippen LogP contribution in [-0.4, -0.2) is 9.97 Å².